The molecule has 0 heterocycles. The minimum absolute atomic E-state index is 0.0232. The molecule has 0 fully saturated rings. The molecule has 2 rings (SSSR count). The van der Waals surface area contributed by atoms with Gasteiger partial charge in [0.25, 0.3) is 11.6 Å². The Morgan fingerprint density at radius 1 is 1.15 bits per heavy atom. The summed E-state index contributed by atoms with van der Waals surface area (Å²) in [6, 6.07) is 12.1. The Kier molecular flexibility index (Phi) is 7.01. The fourth-order valence-electron chi connectivity index (χ4n) is 2.01. The molecule has 0 radical (unpaired) electrons. The lowest BCUT2D eigenvalue weighted by molar-refractivity contribution is -0.384. The fraction of sp³-hybridized carbons (Fsp3) is 0.0526. The maximum atomic E-state index is 12.4. The van der Waals surface area contributed by atoms with Gasteiger partial charge >= 0.3 is 5.97 Å². The summed E-state index contributed by atoms with van der Waals surface area (Å²) in [6.07, 6.45) is 2.78. The Morgan fingerprint density at radius 2 is 1.78 bits per heavy atom. The van der Waals surface area contributed by atoms with Crippen molar-refractivity contribution in [2.75, 3.05) is 6.61 Å². The predicted molar refractivity (Wildman–Crippen MR) is 104 cm³/mol. The summed E-state index contributed by atoms with van der Waals surface area (Å²) in [4.78, 5) is 34.8. The van der Waals surface area contributed by atoms with Gasteiger partial charge in [-0.1, -0.05) is 28.6 Å². The van der Waals surface area contributed by atoms with Crippen molar-refractivity contribution in [2.24, 2.45) is 0 Å². The van der Waals surface area contributed by atoms with Gasteiger partial charge in [0.1, 0.15) is 12.3 Å². The van der Waals surface area contributed by atoms with Crippen LogP contribution in [-0.4, -0.2) is 23.4 Å². The van der Waals surface area contributed by atoms with Crippen molar-refractivity contribution < 1.29 is 19.2 Å². The number of benzene rings is 2. The van der Waals surface area contributed by atoms with Gasteiger partial charge in [-0.3, -0.25) is 14.9 Å². The molecule has 1 amide bonds. The molecule has 0 aromatic heterocycles. The normalized spacial score (nSPS) is 10.8. The first-order valence-electron chi connectivity index (χ1n) is 7.72. The predicted octanol–water partition coefficient (Wildman–Crippen LogP) is 3.86. The molecule has 0 spiro atoms. The fourth-order valence-corrected chi connectivity index (χ4v) is 2.28. The minimum Gasteiger partial charge on any atom is -0.457 e. The molecule has 0 bridgehead atoms. The summed E-state index contributed by atoms with van der Waals surface area (Å²) in [5.41, 5.74) is 0.659. The molecule has 0 atom stereocenters. The number of esters is 1. The number of carbonyl (C=O) groups is 2. The summed E-state index contributed by atoms with van der Waals surface area (Å²) in [7, 11) is 0. The largest absolute Gasteiger partial charge is 0.457 e. The standard InChI is InChI=1S/C19H15BrN2O5/c1-2-11-27-19(24)17(12-13-3-9-16(10-4-13)22(25)26)21-18(23)14-5-7-15(20)8-6-14/h2-10,12H,1,11H2,(H,21,23). The van der Waals surface area contributed by atoms with Crippen LogP contribution in [-0.2, 0) is 9.53 Å². The van der Waals surface area contributed by atoms with E-state index >= 15 is 0 Å². The van der Waals surface area contributed by atoms with Crippen molar-refractivity contribution in [2.45, 2.75) is 0 Å². The van der Waals surface area contributed by atoms with Crippen LogP contribution in [0.1, 0.15) is 15.9 Å². The molecule has 0 aliphatic carbocycles. The zero-order chi connectivity index (χ0) is 19.8. The Labute approximate surface area is 163 Å². The smallest absolute Gasteiger partial charge is 0.355 e. The second-order valence-corrected chi connectivity index (χ2v) is 6.17. The van der Waals surface area contributed by atoms with Crippen molar-refractivity contribution in [1.29, 1.82) is 0 Å². The highest BCUT2D eigenvalue weighted by Gasteiger charge is 2.16. The van der Waals surface area contributed by atoms with Crippen LogP contribution in [0.3, 0.4) is 0 Å². The summed E-state index contributed by atoms with van der Waals surface area (Å²) in [5.74, 6) is -1.25. The molecular weight excluding hydrogens is 416 g/mol. The van der Waals surface area contributed by atoms with Gasteiger partial charge in [-0.2, -0.15) is 0 Å². The zero-order valence-corrected chi connectivity index (χ0v) is 15.6. The van der Waals surface area contributed by atoms with Crippen LogP contribution >= 0.6 is 15.9 Å². The number of hydrogen-bond donors (Lipinski definition) is 1. The maximum Gasteiger partial charge on any atom is 0.355 e. The van der Waals surface area contributed by atoms with Crippen LogP contribution in [0.15, 0.2) is 71.4 Å². The maximum absolute atomic E-state index is 12.4. The minimum atomic E-state index is -0.751. The van der Waals surface area contributed by atoms with Crippen LogP contribution < -0.4 is 5.32 Å². The Bertz CT molecular complexity index is 889. The molecule has 2 aromatic rings. The number of carbonyl (C=O) groups excluding carboxylic acids is 2. The van der Waals surface area contributed by atoms with E-state index in [4.69, 9.17) is 4.74 Å². The van der Waals surface area contributed by atoms with Crippen LogP contribution in [0.2, 0.25) is 0 Å². The molecule has 2 aromatic carbocycles. The average molecular weight is 431 g/mol. The highest BCUT2D eigenvalue weighted by molar-refractivity contribution is 9.10. The molecule has 0 aliphatic rings. The highest BCUT2D eigenvalue weighted by atomic mass is 79.9. The van der Waals surface area contributed by atoms with E-state index in [-0.39, 0.29) is 18.0 Å². The third-order valence-corrected chi connectivity index (χ3v) is 3.85. The number of nitrogens with zero attached hydrogens (tertiary/aromatic N) is 1. The number of halogens is 1. The molecular formula is C19H15BrN2O5. The third kappa shape index (κ3) is 5.89. The Balaban J connectivity index is 2.28. The molecule has 8 heteroatoms. The number of non-ortho nitro benzene ring substituents is 1. The van der Waals surface area contributed by atoms with Gasteiger partial charge in [0.15, 0.2) is 0 Å². The first-order valence-corrected chi connectivity index (χ1v) is 8.51. The molecule has 0 saturated heterocycles. The third-order valence-electron chi connectivity index (χ3n) is 3.32. The molecule has 27 heavy (non-hydrogen) atoms. The zero-order valence-electron chi connectivity index (χ0n) is 14.1. The summed E-state index contributed by atoms with van der Waals surface area (Å²) in [6.45, 7) is 3.44. The van der Waals surface area contributed by atoms with Crippen LogP contribution in [0.4, 0.5) is 5.69 Å². The van der Waals surface area contributed by atoms with Crippen LogP contribution in [0.25, 0.3) is 6.08 Å². The van der Waals surface area contributed by atoms with E-state index in [2.05, 4.69) is 27.8 Å². The van der Waals surface area contributed by atoms with Gasteiger partial charge in [-0.05, 0) is 48.0 Å². The van der Waals surface area contributed by atoms with E-state index in [1.54, 1.807) is 24.3 Å². The monoisotopic (exact) mass is 430 g/mol. The first-order chi connectivity index (χ1) is 12.9. The second kappa shape index (κ2) is 9.44. The summed E-state index contributed by atoms with van der Waals surface area (Å²) < 4.78 is 5.80. The number of amides is 1. The number of rotatable bonds is 7. The number of nitrogens with one attached hydrogen (secondary N) is 1. The van der Waals surface area contributed by atoms with Crippen molar-refractivity contribution in [3.63, 3.8) is 0 Å². The summed E-state index contributed by atoms with van der Waals surface area (Å²) in [5, 5.41) is 13.2. The molecule has 1 N–H and O–H groups in total. The topological polar surface area (TPSA) is 98.5 Å². The number of hydrogen-bond acceptors (Lipinski definition) is 5. The van der Waals surface area contributed by atoms with Gasteiger partial charge in [0.05, 0.1) is 4.92 Å². The lowest BCUT2D eigenvalue weighted by Crippen LogP contribution is -2.28. The quantitative estimate of drug-likeness (QED) is 0.236. The molecule has 0 unspecified atom stereocenters. The Morgan fingerprint density at radius 3 is 2.33 bits per heavy atom. The Hall–Kier alpha value is -3.26. The first kappa shape index (κ1) is 20.1. The number of nitro benzene ring substituents is 1. The van der Waals surface area contributed by atoms with Crippen molar-refractivity contribution in [3.05, 3.63) is 92.6 Å². The van der Waals surface area contributed by atoms with E-state index in [1.165, 1.54) is 36.4 Å². The van der Waals surface area contributed by atoms with Gasteiger partial charge in [-0.15, -0.1) is 0 Å². The second-order valence-electron chi connectivity index (χ2n) is 5.25. The van der Waals surface area contributed by atoms with Gasteiger partial charge in [0.2, 0.25) is 0 Å². The lowest BCUT2D eigenvalue weighted by atomic mass is 10.1. The molecule has 138 valence electrons. The number of nitro groups is 1. The SMILES string of the molecule is C=CCOC(=O)C(=Cc1ccc([N+](=O)[O-])cc1)NC(=O)c1ccc(Br)cc1. The highest BCUT2D eigenvalue weighted by Crippen LogP contribution is 2.15. The van der Waals surface area contributed by atoms with E-state index in [0.29, 0.717) is 11.1 Å². The van der Waals surface area contributed by atoms with E-state index in [1.807, 2.05) is 0 Å². The van der Waals surface area contributed by atoms with Crippen molar-refractivity contribution in [3.8, 4) is 0 Å². The van der Waals surface area contributed by atoms with E-state index in [9.17, 15) is 19.7 Å². The van der Waals surface area contributed by atoms with Crippen molar-refractivity contribution in [1.82, 2.24) is 5.32 Å². The molecule has 0 aliphatic heterocycles. The average Bonchev–Trinajstić information content (AvgIpc) is 2.66. The number of ether oxygens (including phenoxy) is 1. The van der Waals surface area contributed by atoms with E-state index < -0.39 is 16.8 Å². The van der Waals surface area contributed by atoms with Gasteiger partial charge in [0, 0.05) is 22.2 Å². The van der Waals surface area contributed by atoms with Crippen molar-refractivity contribution >= 4 is 39.6 Å². The van der Waals surface area contributed by atoms with Crippen LogP contribution in [0.5, 0.6) is 0 Å². The molecule has 7 nitrogen and oxygen atoms in total. The van der Waals surface area contributed by atoms with E-state index in [0.717, 1.165) is 4.47 Å². The lowest BCUT2D eigenvalue weighted by Gasteiger charge is -2.10. The van der Waals surface area contributed by atoms with Crippen LogP contribution in [0, 0.1) is 10.1 Å². The van der Waals surface area contributed by atoms with Gasteiger partial charge in [-0.25, -0.2) is 4.79 Å². The molecule has 0 saturated carbocycles. The van der Waals surface area contributed by atoms with Gasteiger partial charge < -0.3 is 10.1 Å². The summed E-state index contributed by atoms with van der Waals surface area (Å²) >= 11 is 3.28.